The van der Waals surface area contributed by atoms with E-state index in [-0.39, 0.29) is 0 Å². The van der Waals surface area contributed by atoms with Gasteiger partial charge in [-0.1, -0.05) is 38.4 Å². The van der Waals surface area contributed by atoms with Gasteiger partial charge in [0.2, 0.25) is 0 Å². The van der Waals surface area contributed by atoms with Crippen LogP contribution in [0.25, 0.3) is 0 Å². The van der Waals surface area contributed by atoms with Gasteiger partial charge >= 0.3 is 13.7 Å². The molecule has 129 valence electrons. The zero-order valence-corrected chi connectivity index (χ0v) is 14.8. The molecule has 1 rings (SSSR count). The number of alkyl halides is 3. The molecule has 0 aliphatic rings. The van der Waals surface area contributed by atoms with E-state index in [1.807, 2.05) is 20.8 Å². The summed E-state index contributed by atoms with van der Waals surface area (Å²) in [5.41, 5.74) is -2.32. The van der Waals surface area contributed by atoms with E-state index >= 15 is 0 Å². The minimum absolute atomic E-state index is 0.321. The van der Waals surface area contributed by atoms with Crippen molar-refractivity contribution in [2.75, 3.05) is 0 Å². The van der Waals surface area contributed by atoms with E-state index in [4.69, 9.17) is 4.65 Å². The quantitative estimate of drug-likeness (QED) is 0.851. The molecule has 0 saturated heterocycles. The summed E-state index contributed by atoms with van der Waals surface area (Å²) in [6, 6.07) is 3.89. The molecular weight excluding hydrogens is 304 g/mol. The number of benzene rings is 1. The van der Waals surface area contributed by atoms with Crippen molar-refractivity contribution in [3.8, 4) is 0 Å². The fourth-order valence-electron chi connectivity index (χ4n) is 1.68. The van der Waals surface area contributed by atoms with Crippen molar-refractivity contribution in [2.45, 2.75) is 71.3 Å². The molecule has 0 unspecified atom stereocenters. The van der Waals surface area contributed by atoms with Crippen LogP contribution < -0.4 is 5.46 Å². The van der Waals surface area contributed by atoms with E-state index in [1.165, 1.54) is 13.5 Å². The van der Waals surface area contributed by atoms with Gasteiger partial charge in [-0.2, -0.15) is 13.2 Å². The zero-order valence-electron chi connectivity index (χ0n) is 14.8. The van der Waals surface area contributed by atoms with E-state index in [0.717, 1.165) is 6.07 Å². The van der Waals surface area contributed by atoms with Gasteiger partial charge in [-0.15, -0.1) is 0 Å². The Morgan fingerprint density at radius 2 is 1.35 bits per heavy atom. The molecule has 0 spiro atoms. The standard InChI is InChI=1S/C17H25BF3O2/c1-14(2,3)11-8-12(17(19,20)21)10-13(9-11)18-23-16(6,7)15(4,5)22/h8-10,22H,1-7H3. The van der Waals surface area contributed by atoms with Crippen molar-refractivity contribution < 1.29 is 22.9 Å². The Balaban J connectivity index is 3.17. The molecule has 0 amide bonds. The number of halogens is 3. The van der Waals surface area contributed by atoms with Gasteiger partial charge in [0.1, 0.15) is 0 Å². The second kappa shape index (κ2) is 6.13. The van der Waals surface area contributed by atoms with Crippen LogP contribution in [0.2, 0.25) is 0 Å². The lowest BCUT2D eigenvalue weighted by Crippen LogP contribution is -2.49. The van der Waals surface area contributed by atoms with Gasteiger partial charge < -0.3 is 9.76 Å². The summed E-state index contributed by atoms with van der Waals surface area (Å²) < 4.78 is 44.9. The minimum atomic E-state index is -4.42. The third-order valence-electron chi connectivity index (χ3n) is 4.11. The SMILES string of the molecule is CC(C)(C)c1cc([B]OC(C)(C)C(C)(C)O)cc(C(F)(F)F)c1. The summed E-state index contributed by atoms with van der Waals surface area (Å²) >= 11 is 0. The Morgan fingerprint density at radius 3 is 1.74 bits per heavy atom. The Bertz CT molecular complexity index is 520. The van der Waals surface area contributed by atoms with Crippen LogP contribution in [0.15, 0.2) is 18.2 Å². The second-order valence-electron chi connectivity index (χ2n) is 7.90. The highest BCUT2D eigenvalue weighted by Gasteiger charge is 2.36. The Labute approximate surface area is 137 Å². The van der Waals surface area contributed by atoms with Crippen LogP contribution in [0.4, 0.5) is 13.2 Å². The van der Waals surface area contributed by atoms with E-state index in [2.05, 4.69) is 0 Å². The molecule has 0 aromatic heterocycles. The maximum Gasteiger partial charge on any atom is 0.416 e. The molecule has 0 saturated carbocycles. The Morgan fingerprint density at radius 1 is 0.870 bits per heavy atom. The Kier molecular flexibility index (Phi) is 5.34. The topological polar surface area (TPSA) is 29.5 Å². The normalized spacial score (nSPS) is 14.0. The first-order valence-corrected chi connectivity index (χ1v) is 7.50. The number of rotatable bonds is 4. The van der Waals surface area contributed by atoms with Crippen LogP contribution in [0.1, 0.15) is 59.6 Å². The van der Waals surface area contributed by atoms with Gasteiger partial charge in [0.05, 0.1) is 16.8 Å². The lowest BCUT2D eigenvalue weighted by Gasteiger charge is -2.37. The minimum Gasteiger partial charge on any atom is -0.427 e. The lowest BCUT2D eigenvalue weighted by atomic mass is 9.77. The summed E-state index contributed by atoms with van der Waals surface area (Å²) in [4.78, 5) is 0. The van der Waals surface area contributed by atoms with Gasteiger partial charge in [-0.25, -0.2) is 0 Å². The van der Waals surface area contributed by atoms with Gasteiger partial charge in [0.15, 0.2) is 0 Å². The van der Waals surface area contributed by atoms with Gasteiger partial charge in [-0.3, -0.25) is 0 Å². The van der Waals surface area contributed by atoms with Crippen molar-refractivity contribution in [1.82, 2.24) is 0 Å². The number of hydrogen-bond donors (Lipinski definition) is 1. The van der Waals surface area contributed by atoms with Crippen LogP contribution in [-0.2, 0) is 16.2 Å². The highest BCUT2D eigenvalue weighted by Crippen LogP contribution is 2.32. The molecule has 1 N–H and O–H groups in total. The van der Waals surface area contributed by atoms with Crippen LogP contribution in [-0.4, -0.2) is 23.8 Å². The molecule has 0 bridgehead atoms. The largest absolute Gasteiger partial charge is 0.427 e. The van der Waals surface area contributed by atoms with E-state index in [1.54, 1.807) is 33.8 Å². The summed E-state index contributed by atoms with van der Waals surface area (Å²) in [6.45, 7) is 12.1. The van der Waals surface area contributed by atoms with Gasteiger partial charge in [0.25, 0.3) is 0 Å². The molecule has 23 heavy (non-hydrogen) atoms. The first-order chi connectivity index (χ1) is 10.0. The van der Waals surface area contributed by atoms with Crippen LogP contribution in [0.3, 0.4) is 0 Å². The highest BCUT2D eigenvalue weighted by molar-refractivity contribution is 6.47. The number of hydrogen-bond acceptors (Lipinski definition) is 2. The number of aliphatic hydroxyl groups is 1. The van der Waals surface area contributed by atoms with Crippen LogP contribution >= 0.6 is 0 Å². The van der Waals surface area contributed by atoms with Crippen molar-refractivity contribution in [3.63, 3.8) is 0 Å². The monoisotopic (exact) mass is 329 g/mol. The van der Waals surface area contributed by atoms with E-state index < -0.39 is 28.4 Å². The molecule has 1 aromatic rings. The van der Waals surface area contributed by atoms with Crippen molar-refractivity contribution in [1.29, 1.82) is 0 Å². The molecule has 0 aliphatic carbocycles. The summed E-state index contributed by atoms with van der Waals surface area (Å²) in [5.74, 6) is 0. The smallest absolute Gasteiger partial charge is 0.416 e. The maximum absolute atomic E-state index is 13.1. The predicted octanol–water partition coefficient (Wildman–Crippen LogP) is 3.81. The first-order valence-electron chi connectivity index (χ1n) is 7.50. The lowest BCUT2D eigenvalue weighted by molar-refractivity contribution is -0.137. The molecule has 0 heterocycles. The average molecular weight is 329 g/mol. The Hall–Kier alpha value is -1.01. The summed E-state index contributed by atoms with van der Waals surface area (Å²) in [5, 5.41) is 10.1. The second-order valence-corrected chi connectivity index (χ2v) is 7.90. The van der Waals surface area contributed by atoms with Crippen molar-refractivity contribution in [2.24, 2.45) is 0 Å². The first kappa shape index (κ1) is 20.0. The maximum atomic E-state index is 13.1. The molecule has 0 fully saturated rings. The highest BCUT2D eigenvalue weighted by atomic mass is 19.4. The fourth-order valence-corrected chi connectivity index (χ4v) is 1.68. The van der Waals surface area contributed by atoms with Gasteiger partial charge in [-0.05, 0) is 44.7 Å². The van der Waals surface area contributed by atoms with Crippen molar-refractivity contribution >= 4 is 12.9 Å². The average Bonchev–Trinajstić information content (AvgIpc) is 2.32. The fraction of sp³-hybridized carbons (Fsp3) is 0.647. The molecule has 6 heteroatoms. The molecule has 0 atom stereocenters. The molecule has 2 nitrogen and oxygen atoms in total. The zero-order chi connectivity index (χ0) is 18.3. The predicted molar refractivity (Wildman–Crippen MR) is 87.0 cm³/mol. The van der Waals surface area contributed by atoms with Crippen LogP contribution in [0, 0.1) is 0 Å². The molecule has 0 aliphatic heterocycles. The molecule has 1 aromatic carbocycles. The van der Waals surface area contributed by atoms with E-state index in [0.29, 0.717) is 11.0 Å². The van der Waals surface area contributed by atoms with E-state index in [9.17, 15) is 18.3 Å². The summed E-state index contributed by atoms with van der Waals surface area (Å²) in [7, 11) is 1.28. The third kappa shape index (κ3) is 5.25. The summed E-state index contributed by atoms with van der Waals surface area (Å²) in [6.07, 6.45) is -4.42. The molecule has 1 radical (unpaired) electrons. The molecular formula is C17H25BF3O2. The van der Waals surface area contributed by atoms with Crippen molar-refractivity contribution in [3.05, 3.63) is 29.3 Å². The van der Waals surface area contributed by atoms with Gasteiger partial charge in [0, 0.05) is 0 Å². The third-order valence-corrected chi connectivity index (χ3v) is 4.11. The van der Waals surface area contributed by atoms with Crippen LogP contribution in [0.5, 0.6) is 0 Å².